The van der Waals surface area contributed by atoms with Crippen LogP contribution in [-0.4, -0.2) is 96.5 Å². The molecule has 0 bridgehead atoms. The van der Waals surface area contributed by atoms with Crippen molar-refractivity contribution in [2.24, 2.45) is 0 Å². The molecule has 1 aliphatic heterocycles. The van der Waals surface area contributed by atoms with Crippen LogP contribution in [0, 0.1) is 17.0 Å². The predicted molar refractivity (Wildman–Crippen MR) is 129 cm³/mol. The molecule has 1 aromatic carbocycles. The summed E-state index contributed by atoms with van der Waals surface area (Å²) >= 11 is 3.33. The van der Waals surface area contributed by atoms with Crippen LogP contribution in [0.15, 0.2) is 17.0 Å². The van der Waals surface area contributed by atoms with Gasteiger partial charge in [0.25, 0.3) is 15.8 Å². The van der Waals surface area contributed by atoms with E-state index in [4.69, 9.17) is 8.92 Å². The molecule has 1 saturated heterocycles. The molecule has 0 unspecified atom stereocenters. The Bertz CT molecular complexity index is 1030. The number of anilines is 1. The minimum atomic E-state index is -3.87. The normalized spacial score (nSPS) is 15.5. The van der Waals surface area contributed by atoms with E-state index < -0.39 is 24.9 Å². The molecule has 11 nitrogen and oxygen atoms in total. The second-order valence-electron chi connectivity index (χ2n) is 7.70. The molecule has 2 rings (SSSR count). The molecule has 0 atom stereocenters. The van der Waals surface area contributed by atoms with E-state index in [0.29, 0.717) is 49.3 Å². The van der Waals surface area contributed by atoms with Gasteiger partial charge in [0.2, 0.25) is 0 Å². The number of sulfone groups is 1. The van der Waals surface area contributed by atoms with Crippen molar-refractivity contribution in [1.29, 1.82) is 0 Å². The van der Waals surface area contributed by atoms with E-state index in [1.807, 2.05) is 0 Å². The highest BCUT2D eigenvalue weighted by molar-refractivity contribution is 9.09. The summed E-state index contributed by atoms with van der Waals surface area (Å²) in [5.41, 5.74) is 0.425. The number of hydrogen-bond acceptors (Lipinski definition) is 10. The van der Waals surface area contributed by atoms with E-state index in [-0.39, 0.29) is 29.5 Å². The van der Waals surface area contributed by atoms with Crippen LogP contribution in [0.3, 0.4) is 0 Å². The predicted octanol–water partition coefficient (Wildman–Crippen LogP) is 1.58. The van der Waals surface area contributed by atoms with Crippen molar-refractivity contribution in [2.45, 2.75) is 18.2 Å². The molecule has 0 spiro atoms. The fourth-order valence-corrected chi connectivity index (χ4v) is 6.05. The zero-order valence-electron chi connectivity index (χ0n) is 18.7. The van der Waals surface area contributed by atoms with Crippen molar-refractivity contribution >= 4 is 47.3 Å². The third kappa shape index (κ3) is 8.76. The van der Waals surface area contributed by atoms with Crippen LogP contribution in [-0.2, 0) is 28.9 Å². The molecular formula is C19H30BrN3O8S2. The largest absolute Gasteiger partial charge is 0.379 e. The van der Waals surface area contributed by atoms with E-state index in [9.17, 15) is 26.9 Å². The van der Waals surface area contributed by atoms with Crippen LogP contribution >= 0.6 is 15.9 Å². The molecule has 33 heavy (non-hydrogen) atoms. The standard InChI is InChI=1S/C19H30BrN3O8S2/c1-16-14-17(23(24)25)15-18(19(16)22(6-4-20)9-12-31-32(2,26)27)33(28,29)13-3-5-21-7-10-30-11-8-21/h14-15H,3-13H2,1-2H3. The minimum absolute atomic E-state index is 0.0909. The fraction of sp³-hybridized carbons (Fsp3) is 0.684. The summed E-state index contributed by atoms with van der Waals surface area (Å²) in [5.74, 6) is -0.167. The average molecular weight is 573 g/mol. The zero-order valence-corrected chi connectivity index (χ0v) is 22.0. The highest BCUT2D eigenvalue weighted by atomic mass is 79.9. The Morgan fingerprint density at radius 1 is 1.21 bits per heavy atom. The maximum atomic E-state index is 13.3. The molecule has 0 aromatic heterocycles. The lowest BCUT2D eigenvalue weighted by molar-refractivity contribution is -0.385. The Balaban J connectivity index is 2.35. The molecule has 188 valence electrons. The van der Waals surface area contributed by atoms with Gasteiger partial charge in [-0.25, -0.2) is 8.42 Å². The Morgan fingerprint density at radius 2 is 1.88 bits per heavy atom. The first-order valence-corrected chi connectivity index (χ1v) is 15.0. The van der Waals surface area contributed by atoms with E-state index >= 15 is 0 Å². The van der Waals surface area contributed by atoms with Crippen molar-refractivity contribution in [3.63, 3.8) is 0 Å². The van der Waals surface area contributed by atoms with Gasteiger partial charge in [0, 0.05) is 43.6 Å². The van der Waals surface area contributed by atoms with Gasteiger partial charge in [0.1, 0.15) is 0 Å². The summed E-state index contributed by atoms with van der Waals surface area (Å²) in [6, 6.07) is 2.41. The monoisotopic (exact) mass is 571 g/mol. The third-order valence-corrected chi connectivity index (χ3v) is 7.87. The molecule has 1 fully saturated rings. The lowest BCUT2D eigenvalue weighted by atomic mass is 10.1. The van der Waals surface area contributed by atoms with E-state index in [1.54, 1.807) is 11.8 Å². The molecule has 0 amide bonds. The van der Waals surface area contributed by atoms with Crippen molar-refractivity contribution < 1.29 is 30.7 Å². The number of halogens is 1. The quantitative estimate of drug-likeness (QED) is 0.148. The Hall–Kier alpha value is -1.32. The zero-order chi connectivity index (χ0) is 24.6. The summed E-state index contributed by atoms with van der Waals surface area (Å²) in [4.78, 5) is 14.5. The van der Waals surface area contributed by atoms with E-state index in [2.05, 4.69) is 20.8 Å². The number of non-ortho nitro benzene ring substituents is 1. The highest BCUT2D eigenvalue weighted by Gasteiger charge is 2.27. The van der Waals surface area contributed by atoms with Crippen LogP contribution in [0.1, 0.15) is 12.0 Å². The SMILES string of the molecule is Cc1cc([N+](=O)[O-])cc(S(=O)(=O)CCCN2CCOCC2)c1N(CCBr)CCOS(C)(=O)=O. The van der Waals surface area contributed by atoms with Gasteiger partial charge in [0.05, 0.1) is 47.3 Å². The first kappa shape index (κ1) is 27.9. The first-order valence-electron chi connectivity index (χ1n) is 10.4. The van der Waals surface area contributed by atoms with Crippen LogP contribution in [0.25, 0.3) is 0 Å². The van der Waals surface area contributed by atoms with Gasteiger partial charge in [-0.05, 0) is 25.5 Å². The number of benzene rings is 1. The van der Waals surface area contributed by atoms with Crippen molar-refractivity contribution in [2.75, 3.05) is 74.8 Å². The number of ether oxygens (including phenoxy) is 1. The maximum absolute atomic E-state index is 13.3. The van der Waals surface area contributed by atoms with Crippen molar-refractivity contribution in [3.8, 4) is 0 Å². The number of hydrogen-bond donors (Lipinski definition) is 0. The molecular weight excluding hydrogens is 542 g/mol. The van der Waals surface area contributed by atoms with Gasteiger partial charge in [-0.2, -0.15) is 8.42 Å². The second kappa shape index (κ2) is 12.4. The second-order valence-corrected chi connectivity index (χ2v) is 12.2. The average Bonchev–Trinajstić information content (AvgIpc) is 2.72. The molecule has 1 aromatic rings. The van der Waals surface area contributed by atoms with Gasteiger partial charge < -0.3 is 9.64 Å². The summed E-state index contributed by atoms with van der Waals surface area (Å²) in [7, 11) is -7.53. The number of nitro benzene ring substituents is 1. The number of aryl methyl sites for hydroxylation is 1. The Kier molecular flexibility index (Phi) is 10.5. The lowest BCUT2D eigenvalue weighted by Crippen LogP contribution is -2.37. The van der Waals surface area contributed by atoms with Crippen LogP contribution in [0.5, 0.6) is 0 Å². The molecule has 0 radical (unpaired) electrons. The number of morpholine rings is 1. The van der Waals surface area contributed by atoms with Crippen molar-refractivity contribution in [3.05, 3.63) is 27.8 Å². The summed E-state index contributed by atoms with van der Waals surface area (Å²) in [6.45, 7) is 5.14. The van der Waals surface area contributed by atoms with Gasteiger partial charge in [-0.15, -0.1) is 0 Å². The van der Waals surface area contributed by atoms with Crippen LogP contribution in [0.2, 0.25) is 0 Å². The van der Waals surface area contributed by atoms with E-state index in [0.717, 1.165) is 25.4 Å². The molecule has 0 aliphatic carbocycles. The molecule has 0 saturated carbocycles. The molecule has 0 N–H and O–H groups in total. The topological polar surface area (TPSA) is 136 Å². The van der Waals surface area contributed by atoms with Gasteiger partial charge in [-0.1, -0.05) is 15.9 Å². The number of rotatable bonds is 13. The Labute approximate surface area is 203 Å². The molecule has 1 aliphatic rings. The third-order valence-electron chi connectivity index (χ3n) is 5.12. The smallest absolute Gasteiger partial charge is 0.271 e. The molecule has 1 heterocycles. The number of alkyl halides is 1. The van der Waals surface area contributed by atoms with Gasteiger partial charge in [0.15, 0.2) is 9.84 Å². The Morgan fingerprint density at radius 3 is 2.45 bits per heavy atom. The summed E-state index contributed by atoms with van der Waals surface area (Å²) in [5, 5.41) is 11.9. The minimum Gasteiger partial charge on any atom is -0.379 e. The van der Waals surface area contributed by atoms with E-state index in [1.165, 1.54) is 6.07 Å². The van der Waals surface area contributed by atoms with Gasteiger partial charge in [-0.3, -0.25) is 19.2 Å². The fourth-order valence-electron chi connectivity index (χ4n) is 3.63. The maximum Gasteiger partial charge on any atom is 0.271 e. The van der Waals surface area contributed by atoms with Gasteiger partial charge >= 0.3 is 0 Å². The van der Waals surface area contributed by atoms with Crippen LogP contribution < -0.4 is 4.90 Å². The highest BCUT2D eigenvalue weighted by Crippen LogP contribution is 2.34. The van der Waals surface area contributed by atoms with Crippen molar-refractivity contribution in [1.82, 2.24) is 4.90 Å². The number of nitrogens with zero attached hydrogens (tertiary/aromatic N) is 3. The lowest BCUT2D eigenvalue weighted by Gasteiger charge is -2.28. The van der Waals surface area contributed by atoms with Crippen LogP contribution in [0.4, 0.5) is 11.4 Å². The molecule has 14 heteroatoms. The first-order chi connectivity index (χ1) is 15.4. The summed E-state index contributed by atoms with van der Waals surface area (Å²) in [6.07, 6.45) is 1.31. The number of nitro groups is 1. The summed E-state index contributed by atoms with van der Waals surface area (Å²) < 4.78 is 59.5.